The van der Waals surface area contributed by atoms with Crippen LogP contribution in [0.2, 0.25) is 0 Å². The van der Waals surface area contributed by atoms with Gasteiger partial charge < -0.3 is 5.32 Å². The number of aromatic nitrogens is 1. The third-order valence-corrected chi connectivity index (χ3v) is 3.26. The van der Waals surface area contributed by atoms with Gasteiger partial charge >= 0.3 is 0 Å². The van der Waals surface area contributed by atoms with Crippen molar-refractivity contribution in [1.82, 2.24) is 4.98 Å². The van der Waals surface area contributed by atoms with Crippen molar-refractivity contribution in [1.29, 1.82) is 0 Å². The predicted molar refractivity (Wildman–Crippen MR) is 61.4 cm³/mol. The zero-order valence-corrected chi connectivity index (χ0v) is 8.21. The highest BCUT2D eigenvalue weighted by Gasteiger charge is 2.09. The first-order valence-corrected chi connectivity index (χ1v) is 5.24. The molecule has 0 atom stereocenters. The molecule has 1 aliphatic heterocycles. The third kappa shape index (κ3) is 1.06. The summed E-state index contributed by atoms with van der Waals surface area (Å²) >= 11 is 1.74. The molecule has 3 heteroatoms. The first-order valence-electron chi connectivity index (χ1n) is 4.42. The van der Waals surface area contributed by atoms with Gasteiger partial charge in [0.15, 0.2) is 0 Å². The molecule has 0 fully saturated rings. The van der Waals surface area contributed by atoms with Crippen LogP contribution in [0.4, 0.5) is 5.00 Å². The molecule has 3 heterocycles. The molecule has 1 N–H and O–H groups in total. The molecule has 1 aliphatic rings. The van der Waals surface area contributed by atoms with E-state index >= 15 is 0 Å². The van der Waals surface area contributed by atoms with Crippen LogP contribution in [0.5, 0.6) is 0 Å². The monoisotopic (exact) mass is 200 g/mol. The zero-order valence-electron chi connectivity index (χ0n) is 7.40. The molecule has 0 aliphatic carbocycles. The van der Waals surface area contributed by atoms with Crippen molar-refractivity contribution in [2.75, 3.05) is 5.32 Å². The van der Waals surface area contributed by atoms with Gasteiger partial charge in [0.25, 0.3) is 0 Å². The minimum absolute atomic E-state index is 1.08. The van der Waals surface area contributed by atoms with Gasteiger partial charge in [-0.05, 0) is 24.3 Å². The Kier molecular flexibility index (Phi) is 1.64. The van der Waals surface area contributed by atoms with Crippen LogP contribution in [0, 0.1) is 0 Å². The Morgan fingerprint density at radius 2 is 2.29 bits per heavy atom. The van der Waals surface area contributed by atoms with E-state index in [1.807, 2.05) is 30.6 Å². The number of thiophene rings is 1. The molecular formula is C11H8N2S. The molecular weight excluding hydrogens is 192 g/mol. The highest BCUT2D eigenvalue weighted by Crippen LogP contribution is 2.35. The van der Waals surface area contributed by atoms with E-state index in [0.717, 1.165) is 5.52 Å². The second kappa shape index (κ2) is 2.96. The van der Waals surface area contributed by atoms with Crippen LogP contribution in [0.1, 0.15) is 5.56 Å². The van der Waals surface area contributed by atoms with Gasteiger partial charge in [-0.25, -0.2) is 0 Å². The Bertz CT molecular complexity index is 537. The molecule has 0 unspecified atom stereocenters. The molecule has 0 saturated carbocycles. The van der Waals surface area contributed by atoms with Crippen molar-refractivity contribution in [3.05, 3.63) is 42.2 Å². The van der Waals surface area contributed by atoms with Crippen LogP contribution in [-0.2, 0) is 0 Å². The second-order valence-corrected chi connectivity index (χ2v) is 4.11. The molecule has 2 aromatic heterocycles. The molecule has 0 bridgehead atoms. The van der Waals surface area contributed by atoms with E-state index in [4.69, 9.17) is 0 Å². The summed E-state index contributed by atoms with van der Waals surface area (Å²) in [5, 5.41) is 4.42. The molecule has 2 nitrogen and oxygen atoms in total. The number of anilines is 1. The van der Waals surface area contributed by atoms with Crippen LogP contribution in [0.25, 0.3) is 16.3 Å². The molecule has 2 aromatic rings. The standard InChI is InChI=1S/C11H8N2S/c1-2-6-13-11-8(4-1)10-9(14-11)5-3-7-12-10/h1-7,13H. The summed E-state index contributed by atoms with van der Waals surface area (Å²) in [4.78, 5) is 4.39. The SMILES string of the molecule is C1=CNc2sc3cccnc3c2C=C1. The van der Waals surface area contributed by atoms with E-state index in [9.17, 15) is 0 Å². The topological polar surface area (TPSA) is 24.9 Å². The van der Waals surface area contributed by atoms with Crippen molar-refractivity contribution in [2.45, 2.75) is 0 Å². The Morgan fingerprint density at radius 1 is 1.29 bits per heavy atom. The second-order valence-electron chi connectivity index (χ2n) is 3.06. The maximum Gasteiger partial charge on any atom is 0.102 e. The first kappa shape index (κ1) is 7.76. The van der Waals surface area contributed by atoms with E-state index in [0.29, 0.717) is 0 Å². The average molecular weight is 200 g/mol. The van der Waals surface area contributed by atoms with Crippen LogP contribution in [0.3, 0.4) is 0 Å². The highest BCUT2D eigenvalue weighted by atomic mass is 32.1. The van der Waals surface area contributed by atoms with E-state index in [1.54, 1.807) is 11.3 Å². The smallest absolute Gasteiger partial charge is 0.102 e. The van der Waals surface area contributed by atoms with Gasteiger partial charge in [-0.2, -0.15) is 0 Å². The van der Waals surface area contributed by atoms with Crippen molar-refractivity contribution >= 4 is 32.6 Å². The Balaban J connectivity index is 2.37. The maximum atomic E-state index is 4.39. The van der Waals surface area contributed by atoms with Crippen LogP contribution >= 0.6 is 11.3 Å². The number of nitrogens with one attached hydrogen (secondary N) is 1. The molecule has 0 saturated heterocycles. The zero-order chi connectivity index (χ0) is 9.38. The van der Waals surface area contributed by atoms with Gasteiger partial charge in [-0.3, -0.25) is 4.98 Å². The molecule has 0 radical (unpaired) electrons. The van der Waals surface area contributed by atoms with Gasteiger partial charge in [0.2, 0.25) is 0 Å². The van der Waals surface area contributed by atoms with Gasteiger partial charge in [-0.15, -0.1) is 11.3 Å². The number of pyridine rings is 1. The quantitative estimate of drug-likeness (QED) is 0.706. The minimum atomic E-state index is 1.08. The lowest BCUT2D eigenvalue weighted by molar-refractivity contribution is 1.42. The van der Waals surface area contributed by atoms with E-state index < -0.39 is 0 Å². The fourth-order valence-corrected chi connectivity index (χ4v) is 2.57. The number of allylic oxidation sites excluding steroid dienone is 2. The third-order valence-electron chi connectivity index (χ3n) is 2.17. The summed E-state index contributed by atoms with van der Waals surface area (Å²) in [7, 11) is 0. The maximum absolute atomic E-state index is 4.39. The van der Waals surface area contributed by atoms with Crippen LogP contribution in [-0.4, -0.2) is 4.98 Å². The fraction of sp³-hybridized carbons (Fsp3) is 0. The molecule has 14 heavy (non-hydrogen) atoms. The lowest BCUT2D eigenvalue weighted by Crippen LogP contribution is -1.83. The first-order chi connectivity index (χ1) is 6.95. The number of hydrogen-bond acceptors (Lipinski definition) is 3. The minimum Gasteiger partial charge on any atom is -0.353 e. The highest BCUT2D eigenvalue weighted by molar-refractivity contribution is 7.23. The summed E-state index contributed by atoms with van der Waals surface area (Å²) in [6, 6.07) is 4.07. The molecule has 0 aromatic carbocycles. The van der Waals surface area contributed by atoms with E-state index in [2.05, 4.69) is 22.4 Å². The largest absolute Gasteiger partial charge is 0.353 e. The van der Waals surface area contributed by atoms with Crippen LogP contribution in [0.15, 0.2) is 36.7 Å². The van der Waals surface area contributed by atoms with Gasteiger partial charge in [-0.1, -0.05) is 6.08 Å². The van der Waals surface area contributed by atoms with E-state index in [1.165, 1.54) is 15.3 Å². The summed E-state index contributed by atoms with van der Waals surface area (Å²) in [5.74, 6) is 0. The number of fused-ring (bicyclic) bond motifs is 3. The average Bonchev–Trinajstić information content (AvgIpc) is 2.42. The molecule has 68 valence electrons. The van der Waals surface area contributed by atoms with Crippen molar-refractivity contribution in [2.24, 2.45) is 0 Å². The van der Waals surface area contributed by atoms with Crippen molar-refractivity contribution < 1.29 is 0 Å². The van der Waals surface area contributed by atoms with Crippen molar-refractivity contribution in [3.8, 4) is 0 Å². The summed E-state index contributed by atoms with van der Waals surface area (Å²) < 4.78 is 1.23. The Morgan fingerprint density at radius 3 is 3.29 bits per heavy atom. The van der Waals surface area contributed by atoms with Crippen LogP contribution < -0.4 is 5.32 Å². The lowest BCUT2D eigenvalue weighted by Gasteiger charge is -1.94. The predicted octanol–water partition coefficient (Wildman–Crippen LogP) is 3.25. The summed E-state index contributed by atoms with van der Waals surface area (Å²) in [5.41, 5.74) is 2.27. The van der Waals surface area contributed by atoms with Gasteiger partial charge in [0, 0.05) is 18.0 Å². The lowest BCUT2D eigenvalue weighted by atomic mass is 10.2. The summed E-state index contributed by atoms with van der Waals surface area (Å²) in [6.45, 7) is 0. The number of rotatable bonds is 0. The van der Waals surface area contributed by atoms with Crippen molar-refractivity contribution in [3.63, 3.8) is 0 Å². The molecule has 0 amide bonds. The fourth-order valence-electron chi connectivity index (χ4n) is 1.54. The number of hydrogen-bond donors (Lipinski definition) is 1. The normalized spacial score (nSPS) is 13.7. The van der Waals surface area contributed by atoms with Gasteiger partial charge in [0.1, 0.15) is 5.00 Å². The van der Waals surface area contributed by atoms with Gasteiger partial charge in [0.05, 0.1) is 10.2 Å². The summed E-state index contributed by atoms with van der Waals surface area (Å²) in [6.07, 6.45) is 9.89. The molecule has 0 spiro atoms. The number of nitrogens with zero attached hydrogens (tertiary/aromatic N) is 1. The molecule has 3 rings (SSSR count). The van der Waals surface area contributed by atoms with E-state index in [-0.39, 0.29) is 0 Å². The Labute approximate surface area is 85.6 Å². The Hall–Kier alpha value is -1.61.